The molecule has 0 saturated carbocycles. The summed E-state index contributed by atoms with van der Waals surface area (Å²) in [5, 5.41) is 11.9. The maximum Gasteiger partial charge on any atom is 0.204 e. The molecule has 1 aromatic heterocycles. The molecule has 0 fully saturated rings. The number of aromatic nitrogens is 2. The molecule has 0 unspecified atom stereocenters. The van der Waals surface area contributed by atoms with Crippen LogP contribution in [0.5, 0.6) is 0 Å². The van der Waals surface area contributed by atoms with Crippen molar-refractivity contribution in [2.75, 3.05) is 32.1 Å². The summed E-state index contributed by atoms with van der Waals surface area (Å²) in [6, 6.07) is 0. The first kappa shape index (κ1) is 12.0. The van der Waals surface area contributed by atoms with Crippen LogP contribution in [0.2, 0.25) is 0 Å². The van der Waals surface area contributed by atoms with Crippen molar-refractivity contribution >= 4 is 5.95 Å². The third-order valence-corrected chi connectivity index (χ3v) is 2.28. The number of aliphatic hydroxyl groups excluding tert-OH is 1. The second kappa shape index (κ2) is 5.72. The molecule has 0 atom stereocenters. The first-order valence-electron chi connectivity index (χ1n) is 5.16. The van der Waals surface area contributed by atoms with Crippen molar-refractivity contribution in [2.45, 2.75) is 13.0 Å². The average Bonchev–Trinajstić information content (AvgIpc) is 2.55. The van der Waals surface area contributed by atoms with E-state index in [1.54, 1.807) is 0 Å². The second-order valence-electron chi connectivity index (χ2n) is 3.76. The lowest BCUT2D eigenvalue weighted by Crippen LogP contribution is -2.19. The van der Waals surface area contributed by atoms with Crippen molar-refractivity contribution in [2.24, 2.45) is 7.05 Å². The van der Waals surface area contributed by atoms with Crippen LogP contribution in [0.25, 0.3) is 0 Å². The van der Waals surface area contributed by atoms with Crippen LogP contribution in [-0.4, -0.2) is 41.9 Å². The molecule has 0 bridgehead atoms. The molecule has 1 rings (SSSR count). The maximum atomic E-state index is 8.63. The third kappa shape index (κ3) is 3.21. The van der Waals surface area contributed by atoms with Gasteiger partial charge in [0.1, 0.15) is 0 Å². The normalized spacial score (nSPS) is 10.7. The zero-order chi connectivity index (χ0) is 11.3. The number of aliphatic hydroxyl groups is 1. The lowest BCUT2D eigenvalue weighted by molar-refractivity contribution is 0.286. The molecule has 1 aromatic rings. The van der Waals surface area contributed by atoms with Gasteiger partial charge in [-0.25, -0.2) is 4.98 Å². The molecule has 2 N–H and O–H groups in total. The quantitative estimate of drug-likeness (QED) is 0.650. The van der Waals surface area contributed by atoms with Gasteiger partial charge < -0.3 is 19.9 Å². The van der Waals surface area contributed by atoms with E-state index in [0.717, 1.165) is 31.2 Å². The van der Waals surface area contributed by atoms with Gasteiger partial charge in [-0.05, 0) is 13.0 Å². The second-order valence-corrected chi connectivity index (χ2v) is 3.76. The van der Waals surface area contributed by atoms with Crippen LogP contribution in [0.3, 0.4) is 0 Å². The molecule has 0 aromatic carbocycles. The Morgan fingerprint density at radius 3 is 2.80 bits per heavy atom. The summed E-state index contributed by atoms with van der Waals surface area (Å²) in [5.41, 5.74) is 1.15. The predicted molar refractivity (Wildman–Crippen MR) is 60.9 cm³/mol. The Labute approximate surface area is 90.7 Å². The van der Waals surface area contributed by atoms with Crippen LogP contribution in [0.4, 0.5) is 5.95 Å². The third-order valence-electron chi connectivity index (χ3n) is 2.28. The van der Waals surface area contributed by atoms with E-state index in [-0.39, 0.29) is 6.61 Å². The Morgan fingerprint density at radius 2 is 2.27 bits per heavy atom. The van der Waals surface area contributed by atoms with Crippen LogP contribution < -0.4 is 10.2 Å². The first-order chi connectivity index (χ1) is 7.16. The minimum Gasteiger partial charge on any atom is -0.396 e. The number of hydrogen-bond donors (Lipinski definition) is 2. The van der Waals surface area contributed by atoms with E-state index >= 15 is 0 Å². The summed E-state index contributed by atoms with van der Waals surface area (Å²) in [4.78, 5) is 6.30. The molecule has 1 heterocycles. The number of anilines is 1. The van der Waals surface area contributed by atoms with Crippen molar-refractivity contribution in [1.82, 2.24) is 14.9 Å². The lowest BCUT2D eigenvalue weighted by Gasteiger charge is -2.12. The molecule has 5 heteroatoms. The van der Waals surface area contributed by atoms with Crippen LogP contribution in [-0.2, 0) is 13.6 Å². The van der Waals surface area contributed by atoms with E-state index in [9.17, 15) is 0 Å². The monoisotopic (exact) mass is 212 g/mol. The molecular weight excluding hydrogens is 192 g/mol. The van der Waals surface area contributed by atoms with Crippen LogP contribution in [0.15, 0.2) is 6.20 Å². The van der Waals surface area contributed by atoms with Crippen molar-refractivity contribution in [3.8, 4) is 0 Å². The molecule has 0 aliphatic heterocycles. The summed E-state index contributed by atoms with van der Waals surface area (Å²) < 4.78 is 2.06. The van der Waals surface area contributed by atoms with Gasteiger partial charge in [0, 0.05) is 34.3 Å². The Kier molecular flexibility index (Phi) is 4.58. The molecule has 0 radical (unpaired) electrons. The highest BCUT2D eigenvalue weighted by molar-refractivity contribution is 5.30. The SMILES string of the molecule is CN(C)c1ncc(CNCCCO)n1C. The molecule has 0 aliphatic rings. The fourth-order valence-corrected chi connectivity index (χ4v) is 1.43. The molecule has 0 spiro atoms. The lowest BCUT2D eigenvalue weighted by atomic mass is 10.4. The highest BCUT2D eigenvalue weighted by Gasteiger charge is 2.06. The summed E-state index contributed by atoms with van der Waals surface area (Å²) in [6.07, 6.45) is 2.67. The van der Waals surface area contributed by atoms with Gasteiger partial charge >= 0.3 is 0 Å². The summed E-state index contributed by atoms with van der Waals surface area (Å²) in [6.45, 7) is 1.86. The fourth-order valence-electron chi connectivity index (χ4n) is 1.43. The molecule has 0 amide bonds. The van der Waals surface area contributed by atoms with E-state index in [2.05, 4.69) is 14.9 Å². The summed E-state index contributed by atoms with van der Waals surface area (Å²) in [7, 11) is 5.96. The Hall–Kier alpha value is -1.07. The van der Waals surface area contributed by atoms with Crippen molar-refractivity contribution in [3.63, 3.8) is 0 Å². The Bertz CT molecular complexity index is 296. The van der Waals surface area contributed by atoms with Crippen LogP contribution in [0.1, 0.15) is 12.1 Å². The van der Waals surface area contributed by atoms with Gasteiger partial charge in [0.2, 0.25) is 5.95 Å². The molecule has 15 heavy (non-hydrogen) atoms. The largest absolute Gasteiger partial charge is 0.396 e. The smallest absolute Gasteiger partial charge is 0.204 e. The van der Waals surface area contributed by atoms with Crippen LogP contribution in [0, 0.1) is 0 Å². The molecule has 0 saturated heterocycles. The van der Waals surface area contributed by atoms with Gasteiger partial charge in [0.25, 0.3) is 0 Å². The minimum atomic E-state index is 0.237. The Balaban J connectivity index is 2.48. The zero-order valence-corrected chi connectivity index (χ0v) is 9.69. The number of hydrogen-bond acceptors (Lipinski definition) is 4. The highest BCUT2D eigenvalue weighted by Crippen LogP contribution is 2.10. The molecule has 86 valence electrons. The van der Waals surface area contributed by atoms with E-state index in [1.165, 1.54) is 0 Å². The number of imidazole rings is 1. The standard InChI is InChI=1S/C10H20N4O/c1-13(2)10-12-8-9(14(10)3)7-11-5-4-6-15/h8,11,15H,4-7H2,1-3H3. The molecule has 0 aliphatic carbocycles. The van der Waals surface area contributed by atoms with Crippen molar-refractivity contribution in [3.05, 3.63) is 11.9 Å². The molecule has 5 nitrogen and oxygen atoms in total. The van der Waals surface area contributed by atoms with Gasteiger partial charge in [0.05, 0.1) is 11.9 Å². The van der Waals surface area contributed by atoms with E-state index in [1.807, 2.05) is 32.2 Å². The minimum absolute atomic E-state index is 0.237. The average molecular weight is 212 g/mol. The van der Waals surface area contributed by atoms with E-state index in [4.69, 9.17) is 5.11 Å². The number of nitrogens with zero attached hydrogens (tertiary/aromatic N) is 3. The first-order valence-corrected chi connectivity index (χ1v) is 5.16. The maximum absolute atomic E-state index is 8.63. The predicted octanol–water partition coefficient (Wildman–Crippen LogP) is -0.0419. The van der Waals surface area contributed by atoms with Crippen molar-refractivity contribution < 1.29 is 5.11 Å². The van der Waals surface area contributed by atoms with Crippen molar-refractivity contribution in [1.29, 1.82) is 0 Å². The topological polar surface area (TPSA) is 53.3 Å². The van der Waals surface area contributed by atoms with Gasteiger partial charge in [-0.1, -0.05) is 0 Å². The van der Waals surface area contributed by atoms with Gasteiger partial charge in [0.15, 0.2) is 0 Å². The summed E-state index contributed by atoms with van der Waals surface area (Å²) in [5.74, 6) is 0.953. The fraction of sp³-hybridized carbons (Fsp3) is 0.700. The summed E-state index contributed by atoms with van der Waals surface area (Å²) >= 11 is 0. The van der Waals surface area contributed by atoms with Gasteiger partial charge in [-0.2, -0.15) is 0 Å². The highest BCUT2D eigenvalue weighted by atomic mass is 16.3. The number of nitrogens with one attached hydrogen (secondary N) is 1. The van der Waals surface area contributed by atoms with Gasteiger partial charge in [-0.3, -0.25) is 0 Å². The van der Waals surface area contributed by atoms with E-state index < -0.39 is 0 Å². The molecular formula is C10H20N4O. The van der Waals surface area contributed by atoms with Crippen LogP contribution >= 0.6 is 0 Å². The van der Waals surface area contributed by atoms with Gasteiger partial charge in [-0.15, -0.1) is 0 Å². The number of rotatable bonds is 6. The van der Waals surface area contributed by atoms with E-state index in [0.29, 0.717) is 0 Å². The Morgan fingerprint density at radius 1 is 1.53 bits per heavy atom. The zero-order valence-electron chi connectivity index (χ0n) is 9.69.